The maximum Gasteiger partial charge on any atom is 0.244 e. The number of sulfonamides is 1. The zero-order valence-electron chi connectivity index (χ0n) is 22.2. The molecule has 0 aliphatic carbocycles. The molecule has 7 nitrogen and oxygen atoms in total. The molecule has 0 heterocycles. The van der Waals surface area contributed by atoms with Crippen molar-refractivity contribution in [3.05, 3.63) is 100 Å². The predicted octanol–water partition coefficient (Wildman–Crippen LogP) is 5.17. The van der Waals surface area contributed by atoms with Crippen LogP contribution in [0, 0.1) is 5.92 Å². The van der Waals surface area contributed by atoms with Gasteiger partial charge in [-0.25, -0.2) is 8.42 Å². The van der Waals surface area contributed by atoms with Crippen molar-refractivity contribution in [2.45, 2.75) is 32.9 Å². The lowest BCUT2D eigenvalue weighted by Crippen LogP contribution is -2.53. The molecule has 0 spiro atoms. The summed E-state index contributed by atoms with van der Waals surface area (Å²) in [5, 5.41) is 3.77. The van der Waals surface area contributed by atoms with Crippen molar-refractivity contribution < 1.29 is 18.0 Å². The summed E-state index contributed by atoms with van der Waals surface area (Å²) in [5.74, 6) is -0.662. The number of anilines is 1. The number of amides is 2. The second kappa shape index (κ2) is 13.8. The van der Waals surface area contributed by atoms with Crippen molar-refractivity contribution in [3.63, 3.8) is 0 Å². The molecule has 0 fully saturated rings. The Morgan fingerprint density at radius 3 is 2.08 bits per heavy atom. The maximum atomic E-state index is 14.0. The molecule has 1 atom stereocenters. The molecule has 0 bridgehead atoms. The molecule has 3 rings (SSSR count). The molecule has 10 heteroatoms. The van der Waals surface area contributed by atoms with Gasteiger partial charge in [0.05, 0.1) is 11.9 Å². The summed E-state index contributed by atoms with van der Waals surface area (Å²) in [6.45, 7) is 3.94. The highest BCUT2D eigenvalue weighted by molar-refractivity contribution is 7.92. The van der Waals surface area contributed by atoms with Crippen molar-refractivity contribution in [1.29, 1.82) is 0 Å². The topological polar surface area (TPSA) is 86.8 Å². The average molecular weight is 591 g/mol. The Labute approximate surface area is 240 Å². The van der Waals surface area contributed by atoms with Crippen molar-refractivity contribution in [3.8, 4) is 0 Å². The van der Waals surface area contributed by atoms with Gasteiger partial charge < -0.3 is 10.2 Å². The van der Waals surface area contributed by atoms with Gasteiger partial charge in [-0.15, -0.1) is 0 Å². The van der Waals surface area contributed by atoms with Gasteiger partial charge in [0.25, 0.3) is 0 Å². The van der Waals surface area contributed by atoms with E-state index in [1.807, 2.05) is 50.2 Å². The zero-order valence-corrected chi connectivity index (χ0v) is 24.5. The minimum Gasteiger partial charge on any atom is -0.354 e. The number of nitrogens with zero attached hydrogens (tertiary/aromatic N) is 2. The van der Waals surface area contributed by atoms with E-state index in [1.54, 1.807) is 36.4 Å². The normalized spacial score (nSPS) is 12.2. The summed E-state index contributed by atoms with van der Waals surface area (Å²) < 4.78 is 26.6. The molecule has 0 saturated carbocycles. The number of nitrogens with one attached hydrogen (secondary N) is 1. The summed E-state index contributed by atoms with van der Waals surface area (Å²) in [4.78, 5) is 29.0. The third-order valence-electron chi connectivity index (χ3n) is 5.97. The number of benzene rings is 3. The van der Waals surface area contributed by atoms with E-state index in [0.29, 0.717) is 22.2 Å². The van der Waals surface area contributed by atoms with Gasteiger partial charge in [-0.2, -0.15) is 0 Å². The number of hydrogen-bond donors (Lipinski definition) is 1. The van der Waals surface area contributed by atoms with Crippen LogP contribution >= 0.6 is 23.2 Å². The van der Waals surface area contributed by atoms with Crippen molar-refractivity contribution >= 4 is 50.7 Å². The van der Waals surface area contributed by atoms with E-state index in [0.717, 1.165) is 16.1 Å². The molecule has 39 heavy (non-hydrogen) atoms. The summed E-state index contributed by atoms with van der Waals surface area (Å²) in [6.07, 6.45) is 1.27. The zero-order chi connectivity index (χ0) is 28.6. The lowest BCUT2D eigenvalue weighted by atomic mass is 10.0. The van der Waals surface area contributed by atoms with Crippen LogP contribution < -0.4 is 9.62 Å². The lowest BCUT2D eigenvalue weighted by Gasteiger charge is -2.33. The molecule has 0 aliphatic rings. The molecule has 0 saturated heterocycles. The van der Waals surface area contributed by atoms with Gasteiger partial charge in [0.15, 0.2) is 0 Å². The first-order valence-electron chi connectivity index (χ1n) is 12.5. The molecule has 0 aliphatic heterocycles. The van der Waals surface area contributed by atoms with E-state index in [1.165, 1.54) is 11.0 Å². The molecular weight excluding hydrogens is 557 g/mol. The van der Waals surface area contributed by atoms with E-state index in [-0.39, 0.29) is 30.5 Å². The highest BCUT2D eigenvalue weighted by Gasteiger charge is 2.33. The van der Waals surface area contributed by atoms with Crippen LogP contribution in [-0.2, 0) is 32.6 Å². The van der Waals surface area contributed by atoms with Crippen LogP contribution in [0.5, 0.6) is 0 Å². The Balaban J connectivity index is 2.05. The van der Waals surface area contributed by atoms with Crippen LogP contribution in [0.3, 0.4) is 0 Å². The molecule has 2 amide bonds. The van der Waals surface area contributed by atoms with Crippen LogP contribution in [0.1, 0.15) is 25.0 Å². The summed E-state index contributed by atoms with van der Waals surface area (Å²) in [7, 11) is -3.86. The first-order chi connectivity index (χ1) is 18.4. The van der Waals surface area contributed by atoms with Gasteiger partial charge in [0.2, 0.25) is 21.8 Å². The van der Waals surface area contributed by atoms with Gasteiger partial charge in [-0.05, 0) is 47.4 Å². The van der Waals surface area contributed by atoms with E-state index >= 15 is 0 Å². The number of carbonyl (C=O) groups excluding carboxylic acids is 2. The molecule has 208 valence electrons. The third-order valence-corrected chi connectivity index (χ3v) is 7.58. The second-order valence-corrected chi connectivity index (χ2v) is 12.5. The molecule has 3 aromatic carbocycles. The van der Waals surface area contributed by atoms with Gasteiger partial charge in [0, 0.05) is 29.6 Å². The molecule has 3 aromatic rings. The Morgan fingerprint density at radius 2 is 1.49 bits per heavy atom. The van der Waals surface area contributed by atoms with Gasteiger partial charge in [0.1, 0.15) is 12.6 Å². The van der Waals surface area contributed by atoms with Crippen LogP contribution in [0.4, 0.5) is 5.69 Å². The SMILES string of the molecule is CC(C)CNC(=O)[C@@H](Cc1ccccc1)N(Cc1cccc(Cl)c1)C(=O)CN(c1cccc(Cl)c1)S(C)(=O)=O. The van der Waals surface area contributed by atoms with Crippen LogP contribution in [0.2, 0.25) is 10.0 Å². The Hall–Kier alpha value is -3.07. The largest absolute Gasteiger partial charge is 0.354 e. The van der Waals surface area contributed by atoms with Crippen molar-refractivity contribution in [2.75, 3.05) is 23.7 Å². The summed E-state index contributed by atoms with van der Waals surface area (Å²) in [5.41, 5.74) is 1.82. The van der Waals surface area contributed by atoms with Crippen molar-refractivity contribution in [2.24, 2.45) is 5.92 Å². The fourth-order valence-electron chi connectivity index (χ4n) is 4.05. The van der Waals surface area contributed by atoms with E-state index in [9.17, 15) is 18.0 Å². The smallest absolute Gasteiger partial charge is 0.244 e. The monoisotopic (exact) mass is 589 g/mol. The predicted molar refractivity (Wildman–Crippen MR) is 157 cm³/mol. The highest BCUT2D eigenvalue weighted by Crippen LogP contribution is 2.23. The van der Waals surface area contributed by atoms with Gasteiger partial charge >= 0.3 is 0 Å². The van der Waals surface area contributed by atoms with Crippen LogP contribution in [0.25, 0.3) is 0 Å². The number of hydrogen-bond acceptors (Lipinski definition) is 4. The highest BCUT2D eigenvalue weighted by atomic mass is 35.5. The number of rotatable bonds is 12. The molecule has 0 unspecified atom stereocenters. The molecular formula is C29H33Cl2N3O4S. The standard InChI is InChI=1S/C29H33Cl2N3O4S/c1-21(2)18-32-29(36)27(16-22-9-5-4-6-10-22)33(19-23-11-7-12-24(30)15-23)28(35)20-34(39(3,37)38)26-14-8-13-25(31)17-26/h4-15,17,21,27H,16,18-20H2,1-3H3,(H,32,36)/t27-/m1/s1. The first kappa shape index (κ1) is 30.5. The summed E-state index contributed by atoms with van der Waals surface area (Å²) in [6, 6.07) is 21.8. The van der Waals surface area contributed by atoms with Gasteiger partial charge in [-0.3, -0.25) is 13.9 Å². The first-order valence-corrected chi connectivity index (χ1v) is 15.1. The maximum absolute atomic E-state index is 14.0. The number of carbonyl (C=O) groups is 2. The lowest BCUT2D eigenvalue weighted by molar-refractivity contribution is -0.140. The van der Waals surface area contributed by atoms with Crippen LogP contribution in [0.15, 0.2) is 78.9 Å². The summed E-state index contributed by atoms with van der Waals surface area (Å²) >= 11 is 12.3. The Bertz CT molecular complexity index is 1380. The molecule has 0 aromatic heterocycles. The Morgan fingerprint density at radius 1 is 0.872 bits per heavy atom. The van der Waals surface area contributed by atoms with Crippen LogP contribution in [-0.4, -0.2) is 50.5 Å². The Kier molecular flexibility index (Phi) is 10.8. The van der Waals surface area contributed by atoms with E-state index in [2.05, 4.69) is 5.32 Å². The average Bonchev–Trinajstić information content (AvgIpc) is 2.87. The van der Waals surface area contributed by atoms with E-state index in [4.69, 9.17) is 23.2 Å². The fourth-order valence-corrected chi connectivity index (χ4v) is 5.29. The number of halogens is 2. The second-order valence-electron chi connectivity index (χ2n) is 9.75. The molecule has 0 radical (unpaired) electrons. The minimum atomic E-state index is -3.86. The fraction of sp³-hybridized carbons (Fsp3) is 0.310. The molecule has 1 N–H and O–H groups in total. The quantitative estimate of drug-likeness (QED) is 0.315. The van der Waals surface area contributed by atoms with E-state index < -0.39 is 28.5 Å². The van der Waals surface area contributed by atoms with Crippen molar-refractivity contribution in [1.82, 2.24) is 10.2 Å². The van der Waals surface area contributed by atoms with Gasteiger partial charge in [-0.1, -0.05) is 85.6 Å². The third kappa shape index (κ3) is 9.27. The minimum absolute atomic E-state index is 0.0547.